The van der Waals surface area contributed by atoms with E-state index >= 15 is 0 Å². The standard InChI is InChI=1S/C12H9N3O2S/c16-12(11-6-3-7-18-11)17-8-15-10-5-2-1-4-9(10)13-14-15/h1-7H,8H2. The van der Waals surface area contributed by atoms with Gasteiger partial charge >= 0.3 is 5.97 Å². The Kier molecular flexibility index (Phi) is 2.77. The summed E-state index contributed by atoms with van der Waals surface area (Å²) in [6, 6.07) is 11.1. The van der Waals surface area contributed by atoms with Gasteiger partial charge in [-0.2, -0.15) is 0 Å². The van der Waals surface area contributed by atoms with Crippen LogP contribution >= 0.6 is 11.3 Å². The Labute approximate surface area is 107 Å². The van der Waals surface area contributed by atoms with Gasteiger partial charge in [-0.25, -0.2) is 9.48 Å². The highest BCUT2D eigenvalue weighted by Gasteiger charge is 2.09. The van der Waals surface area contributed by atoms with Gasteiger partial charge in [-0.05, 0) is 23.6 Å². The summed E-state index contributed by atoms with van der Waals surface area (Å²) in [7, 11) is 0. The fraction of sp³-hybridized carbons (Fsp3) is 0.0833. The molecule has 0 radical (unpaired) electrons. The summed E-state index contributed by atoms with van der Waals surface area (Å²) < 4.78 is 6.73. The van der Waals surface area contributed by atoms with E-state index in [9.17, 15) is 4.79 Å². The van der Waals surface area contributed by atoms with Crippen LogP contribution in [0.1, 0.15) is 9.67 Å². The number of thiophene rings is 1. The third-order valence-corrected chi connectivity index (χ3v) is 3.31. The Hall–Kier alpha value is -2.21. The Bertz CT molecular complexity index is 676. The van der Waals surface area contributed by atoms with Crippen molar-refractivity contribution in [3.8, 4) is 0 Å². The van der Waals surface area contributed by atoms with Crippen molar-refractivity contribution in [2.75, 3.05) is 0 Å². The van der Waals surface area contributed by atoms with Gasteiger partial charge in [-0.1, -0.05) is 23.4 Å². The molecule has 3 aromatic rings. The minimum absolute atomic E-state index is 0.0667. The predicted octanol–water partition coefficient (Wildman–Crippen LogP) is 2.31. The highest BCUT2D eigenvalue weighted by molar-refractivity contribution is 7.11. The number of carbonyl (C=O) groups is 1. The van der Waals surface area contributed by atoms with Crippen molar-refractivity contribution in [1.29, 1.82) is 0 Å². The first-order valence-corrected chi connectivity index (χ1v) is 6.21. The smallest absolute Gasteiger partial charge is 0.350 e. The molecule has 2 aromatic heterocycles. The lowest BCUT2D eigenvalue weighted by Gasteiger charge is -2.03. The zero-order valence-corrected chi connectivity index (χ0v) is 10.1. The summed E-state index contributed by atoms with van der Waals surface area (Å²) >= 11 is 1.35. The zero-order chi connectivity index (χ0) is 12.4. The van der Waals surface area contributed by atoms with Crippen LogP contribution in [0, 0.1) is 0 Å². The second-order valence-electron chi connectivity index (χ2n) is 3.62. The first kappa shape index (κ1) is 10.9. The molecule has 1 aromatic carbocycles. The van der Waals surface area contributed by atoms with Gasteiger partial charge in [0.05, 0.1) is 5.52 Å². The number of ether oxygens (including phenoxy) is 1. The molecule has 0 amide bonds. The molecule has 0 fully saturated rings. The van der Waals surface area contributed by atoms with Gasteiger partial charge in [-0.3, -0.25) is 0 Å². The van der Waals surface area contributed by atoms with Crippen LogP contribution in [-0.2, 0) is 11.5 Å². The maximum absolute atomic E-state index is 11.7. The highest BCUT2D eigenvalue weighted by Crippen LogP contribution is 2.12. The molecule has 0 saturated heterocycles. The summed E-state index contributed by atoms with van der Waals surface area (Å²) in [4.78, 5) is 12.2. The molecule has 0 spiro atoms. The van der Waals surface area contributed by atoms with Gasteiger partial charge < -0.3 is 4.74 Å². The quantitative estimate of drug-likeness (QED) is 0.677. The van der Waals surface area contributed by atoms with Crippen LogP contribution in [0.2, 0.25) is 0 Å². The van der Waals surface area contributed by atoms with Crippen LogP contribution in [0.3, 0.4) is 0 Å². The number of benzene rings is 1. The first-order chi connectivity index (χ1) is 8.84. The zero-order valence-electron chi connectivity index (χ0n) is 9.31. The van der Waals surface area contributed by atoms with Gasteiger partial charge in [0, 0.05) is 0 Å². The predicted molar refractivity (Wildman–Crippen MR) is 67.3 cm³/mol. The molecular formula is C12H9N3O2S. The lowest BCUT2D eigenvalue weighted by atomic mass is 10.3. The average Bonchev–Trinajstić information content (AvgIpc) is 3.06. The molecule has 0 aliphatic carbocycles. The van der Waals surface area contributed by atoms with E-state index in [0.29, 0.717) is 4.88 Å². The topological polar surface area (TPSA) is 57.0 Å². The van der Waals surface area contributed by atoms with Crippen LogP contribution in [0.4, 0.5) is 0 Å². The number of esters is 1. The van der Waals surface area contributed by atoms with E-state index in [0.717, 1.165) is 11.0 Å². The molecule has 0 N–H and O–H groups in total. The van der Waals surface area contributed by atoms with Crippen molar-refractivity contribution in [1.82, 2.24) is 15.0 Å². The van der Waals surface area contributed by atoms with E-state index < -0.39 is 0 Å². The van der Waals surface area contributed by atoms with Crippen LogP contribution in [0.25, 0.3) is 11.0 Å². The van der Waals surface area contributed by atoms with Gasteiger partial charge in [0.2, 0.25) is 0 Å². The monoisotopic (exact) mass is 259 g/mol. The lowest BCUT2D eigenvalue weighted by Crippen LogP contribution is -2.09. The molecule has 18 heavy (non-hydrogen) atoms. The summed E-state index contributed by atoms with van der Waals surface area (Å²) in [5.74, 6) is -0.343. The molecular weight excluding hydrogens is 250 g/mol. The maximum Gasteiger partial charge on any atom is 0.350 e. The molecule has 0 bridgehead atoms. The largest absolute Gasteiger partial charge is 0.438 e. The van der Waals surface area contributed by atoms with E-state index in [2.05, 4.69) is 10.3 Å². The highest BCUT2D eigenvalue weighted by atomic mass is 32.1. The van der Waals surface area contributed by atoms with Crippen LogP contribution in [-0.4, -0.2) is 21.0 Å². The molecule has 0 saturated carbocycles. The molecule has 0 unspecified atom stereocenters. The molecule has 3 rings (SSSR count). The molecule has 5 nitrogen and oxygen atoms in total. The molecule has 90 valence electrons. The van der Waals surface area contributed by atoms with Crippen molar-refractivity contribution in [3.05, 3.63) is 46.7 Å². The minimum atomic E-state index is -0.343. The van der Waals surface area contributed by atoms with E-state index in [1.54, 1.807) is 10.7 Å². The summed E-state index contributed by atoms with van der Waals surface area (Å²) in [5.41, 5.74) is 1.63. The van der Waals surface area contributed by atoms with Gasteiger partial charge in [0.15, 0.2) is 6.73 Å². The number of aromatic nitrogens is 3. The second kappa shape index (κ2) is 4.58. The van der Waals surface area contributed by atoms with Crippen LogP contribution in [0.5, 0.6) is 0 Å². The number of para-hydroxylation sites is 1. The van der Waals surface area contributed by atoms with Gasteiger partial charge in [-0.15, -0.1) is 16.4 Å². The number of hydrogen-bond donors (Lipinski definition) is 0. The Balaban J connectivity index is 1.76. The van der Waals surface area contributed by atoms with E-state index in [4.69, 9.17) is 4.74 Å². The first-order valence-electron chi connectivity index (χ1n) is 5.33. The van der Waals surface area contributed by atoms with E-state index in [-0.39, 0.29) is 12.7 Å². The number of carbonyl (C=O) groups excluding carboxylic acids is 1. The molecule has 0 aliphatic rings. The van der Waals surface area contributed by atoms with Crippen molar-refractivity contribution in [3.63, 3.8) is 0 Å². The fourth-order valence-corrected chi connectivity index (χ4v) is 2.21. The van der Waals surface area contributed by atoms with Gasteiger partial charge in [0.25, 0.3) is 0 Å². The maximum atomic E-state index is 11.7. The van der Waals surface area contributed by atoms with Crippen LogP contribution < -0.4 is 0 Å². The van der Waals surface area contributed by atoms with E-state index in [1.807, 2.05) is 35.7 Å². The molecule has 0 atom stereocenters. The normalized spacial score (nSPS) is 10.7. The number of hydrogen-bond acceptors (Lipinski definition) is 5. The van der Waals surface area contributed by atoms with Crippen molar-refractivity contribution >= 4 is 28.3 Å². The lowest BCUT2D eigenvalue weighted by molar-refractivity contribution is 0.0360. The molecule has 0 aliphatic heterocycles. The van der Waals surface area contributed by atoms with Crippen LogP contribution in [0.15, 0.2) is 41.8 Å². The number of nitrogens with zero attached hydrogens (tertiary/aromatic N) is 3. The third-order valence-electron chi connectivity index (χ3n) is 2.46. The summed E-state index contributed by atoms with van der Waals surface area (Å²) in [6.45, 7) is 0.0667. The molecule has 6 heteroatoms. The second-order valence-corrected chi connectivity index (χ2v) is 4.56. The Morgan fingerprint density at radius 2 is 2.17 bits per heavy atom. The van der Waals surface area contributed by atoms with E-state index in [1.165, 1.54) is 11.3 Å². The SMILES string of the molecule is O=C(OCn1nnc2ccccc21)c1cccs1. The van der Waals surface area contributed by atoms with Crippen molar-refractivity contribution in [2.45, 2.75) is 6.73 Å². The average molecular weight is 259 g/mol. The van der Waals surface area contributed by atoms with Crippen molar-refractivity contribution < 1.29 is 9.53 Å². The summed E-state index contributed by atoms with van der Waals surface area (Å²) in [6.07, 6.45) is 0. The Morgan fingerprint density at radius 1 is 1.28 bits per heavy atom. The Morgan fingerprint density at radius 3 is 3.00 bits per heavy atom. The third kappa shape index (κ3) is 1.98. The number of fused-ring (bicyclic) bond motifs is 1. The summed E-state index contributed by atoms with van der Waals surface area (Å²) in [5, 5.41) is 9.76. The van der Waals surface area contributed by atoms with Crippen molar-refractivity contribution in [2.24, 2.45) is 0 Å². The molecule has 2 heterocycles. The number of rotatable bonds is 3. The van der Waals surface area contributed by atoms with Gasteiger partial charge in [0.1, 0.15) is 10.4 Å². The minimum Gasteiger partial charge on any atom is -0.438 e. The fourth-order valence-electron chi connectivity index (χ4n) is 1.60.